The Labute approximate surface area is 125 Å². The van der Waals surface area contributed by atoms with Crippen molar-refractivity contribution in [1.29, 1.82) is 0 Å². The fourth-order valence-corrected chi connectivity index (χ4v) is 3.84. The Morgan fingerprint density at radius 3 is 2.67 bits per heavy atom. The highest BCUT2D eigenvalue weighted by Gasteiger charge is 2.38. The summed E-state index contributed by atoms with van der Waals surface area (Å²) in [5.74, 6) is 0.883. The van der Waals surface area contributed by atoms with Crippen molar-refractivity contribution < 1.29 is 0 Å². The fourth-order valence-electron chi connectivity index (χ4n) is 3.84. The molecule has 4 heterocycles. The minimum absolute atomic E-state index is 0.539. The molecule has 0 aliphatic carbocycles. The van der Waals surface area contributed by atoms with Crippen LogP contribution in [0.15, 0.2) is 36.8 Å². The maximum absolute atomic E-state index is 4.48. The average Bonchev–Trinajstić information content (AvgIpc) is 3.08. The molecule has 5 nitrogen and oxygen atoms in total. The molecule has 0 saturated carbocycles. The van der Waals surface area contributed by atoms with Gasteiger partial charge in [0.2, 0.25) is 0 Å². The molecular weight excluding hydrogens is 262 g/mol. The van der Waals surface area contributed by atoms with Crippen molar-refractivity contribution in [2.24, 2.45) is 0 Å². The maximum atomic E-state index is 4.48. The minimum atomic E-state index is 0.539. The second-order valence-corrected chi connectivity index (χ2v) is 6.19. The van der Waals surface area contributed by atoms with Crippen molar-refractivity contribution in [3.05, 3.63) is 36.8 Å². The van der Waals surface area contributed by atoms with Crippen molar-refractivity contribution in [3.8, 4) is 5.82 Å². The summed E-state index contributed by atoms with van der Waals surface area (Å²) >= 11 is 0. The molecule has 0 radical (unpaired) electrons. The third-order valence-electron chi connectivity index (χ3n) is 4.97. The number of pyridine rings is 1. The van der Waals surface area contributed by atoms with E-state index in [2.05, 4.69) is 33.4 Å². The van der Waals surface area contributed by atoms with Crippen molar-refractivity contribution >= 4 is 5.69 Å². The highest BCUT2D eigenvalue weighted by molar-refractivity contribution is 5.56. The lowest BCUT2D eigenvalue weighted by molar-refractivity contribution is 0.169. The Hall–Kier alpha value is -1.88. The summed E-state index contributed by atoms with van der Waals surface area (Å²) in [6.45, 7) is 0. The van der Waals surface area contributed by atoms with E-state index >= 15 is 0 Å². The second-order valence-electron chi connectivity index (χ2n) is 6.19. The molecule has 4 rings (SSSR count). The SMILES string of the molecule is CN1C2CCC1CC(Nc1cccnc1-n1cccn1)C2. The van der Waals surface area contributed by atoms with E-state index in [0.717, 1.165) is 23.6 Å². The standard InChI is InChI=1S/C16H21N5/c1-20-13-5-6-14(20)11-12(10-13)19-15-4-2-7-17-16(15)21-9-3-8-18-21/h2-4,7-9,12-14,19H,5-6,10-11H2,1H3. The normalized spacial score (nSPS) is 28.7. The van der Waals surface area contributed by atoms with E-state index < -0.39 is 0 Å². The summed E-state index contributed by atoms with van der Waals surface area (Å²) in [5.41, 5.74) is 1.08. The lowest BCUT2D eigenvalue weighted by atomic mass is 9.98. The predicted molar refractivity (Wildman–Crippen MR) is 82.6 cm³/mol. The van der Waals surface area contributed by atoms with Gasteiger partial charge in [0.25, 0.3) is 0 Å². The highest BCUT2D eigenvalue weighted by Crippen LogP contribution is 2.35. The first kappa shape index (κ1) is 12.8. The zero-order valence-corrected chi connectivity index (χ0v) is 12.3. The van der Waals surface area contributed by atoms with Crippen molar-refractivity contribution in [2.75, 3.05) is 12.4 Å². The molecule has 5 heteroatoms. The number of nitrogens with zero attached hydrogens (tertiary/aromatic N) is 4. The fraction of sp³-hybridized carbons (Fsp3) is 0.500. The summed E-state index contributed by atoms with van der Waals surface area (Å²) in [5, 5.41) is 8.01. The predicted octanol–water partition coefficient (Wildman–Crippen LogP) is 2.30. The lowest BCUT2D eigenvalue weighted by Gasteiger charge is -2.37. The van der Waals surface area contributed by atoms with Crippen molar-refractivity contribution in [3.63, 3.8) is 0 Å². The molecular formula is C16H21N5. The van der Waals surface area contributed by atoms with Crippen LogP contribution in [0.3, 0.4) is 0 Å². The molecule has 2 fully saturated rings. The van der Waals surface area contributed by atoms with Gasteiger partial charge >= 0.3 is 0 Å². The van der Waals surface area contributed by atoms with Crippen LogP contribution in [-0.4, -0.2) is 44.8 Å². The van der Waals surface area contributed by atoms with Gasteiger partial charge in [0.1, 0.15) is 0 Å². The summed E-state index contributed by atoms with van der Waals surface area (Å²) in [6, 6.07) is 8.03. The number of aromatic nitrogens is 3. The van der Waals surface area contributed by atoms with Gasteiger partial charge in [-0.05, 0) is 50.9 Å². The number of nitrogens with one attached hydrogen (secondary N) is 1. The van der Waals surface area contributed by atoms with Crippen LogP contribution >= 0.6 is 0 Å². The first-order valence-corrected chi connectivity index (χ1v) is 7.75. The smallest absolute Gasteiger partial charge is 0.176 e. The van der Waals surface area contributed by atoms with Crippen LogP contribution in [0.1, 0.15) is 25.7 Å². The van der Waals surface area contributed by atoms with Crippen LogP contribution in [0.25, 0.3) is 5.82 Å². The Balaban J connectivity index is 1.56. The quantitative estimate of drug-likeness (QED) is 0.939. The molecule has 2 aliphatic rings. The molecule has 0 aromatic carbocycles. The molecule has 0 spiro atoms. The van der Waals surface area contributed by atoms with E-state index in [1.807, 2.05) is 29.2 Å². The van der Waals surface area contributed by atoms with Gasteiger partial charge in [-0.1, -0.05) is 0 Å². The van der Waals surface area contributed by atoms with Gasteiger partial charge in [-0.15, -0.1) is 0 Å². The topological polar surface area (TPSA) is 46.0 Å². The van der Waals surface area contributed by atoms with Gasteiger partial charge in [0.05, 0.1) is 5.69 Å². The number of rotatable bonds is 3. The minimum Gasteiger partial charge on any atom is -0.379 e. The Morgan fingerprint density at radius 1 is 1.14 bits per heavy atom. The molecule has 2 unspecified atom stereocenters. The monoisotopic (exact) mass is 283 g/mol. The molecule has 110 valence electrons. The average molecular weight is 283 g/mol. The van der Waals surface area contributed by atoms with Crippen LogP contribution in [0.2, 0.25) is 0 Å². The van der Waals surface area contributed by atoms with E-state index in [9.17, 15) is 0 Å². The first-order valence-electron chi connectivity index (χ1n) is 7.75. The van der Waals surface area contributed by atoms with E-state index in [0.29, 0.717) is 6.04 Å². The van der Waals surface area contributed by atoms with Crippen molar-refractivity contribution in [1.82, 2.24) is 19.7 Å². The number of anilines is 1. The number of hydrogen-bond acceptors (Lipinski definition) is 4. The summed E-state index contributed by atoms with van der Waals surface area (Å²) in [4.78, 5) is 7.05. The zero-order chi connectivity index (χ0) is 14.2. The van der Waals surface area contributed by atoms with Crippen LogP contribution in [0.4, 0.5) is 5.69 Å². The largest absolute Gasteiger partial charge is 0.379 e. The maximum Gasteiger partial charge on any atom is 0.176 e. The Bertz CT molecular complexity index is 595. The highest BCUT2D eigenvalue weighted by atomic mass is 15.3. The third-order valence-corrected chi connectivity index (χ3v) is 4.97. The number of piperidine rings is 1. The molecule has 2 aromatic heterocycles. The van der Waals surface area contributed by atoms with E-state index in [1.54, 1.807) is 6.20 Å². The molecule has 2 bridgehead atoms. The molecule has 21 heavy (non-hydrogen) atoms. The molecule has 1 N–H and O–H groups in total. The van der Waals surface area contributed by atoms with Crippen LogP contribution in [-0.2, 0) is 0 Å². The van der Waals surface area contributed by atoms with Crippen LogP contribution in [0, 0.1) is 0 Å². The van der Waals surface area contributed by atoms with Gasteiger partial charge in [0, 0.05) is 36.7 Å². The van der Waals surface area contributed by atoms with E-state index in [-0.39, 0.29) is 0 Å². The second kappa shape index (κ2) is 5.15. The van der Waals surface area contributed by atoms with Gasteiger partial charge in [0.15, 0.2) is 5.82 Å². The Kier molecular flexibility index (Phi) is 3.15. The molecule has 2 aromatic rings. The third kappa shape index (κ3) is 2.31. The number of hydrogen-bond donors (Lipinski definition) is 1. The zero-order valence-electron chi connectivity index (χ0n) is 12.3. The van der Waals surface area contributed by atoms with E-state index in [4.69, 9.17) is 0 Å². The summed E-state index contributed by atoms with van der Waals surface area (Å²) < 4.78 is 1.83. The van der Waals surface area contributed by atoms with Gasteiger partial charge in [-0.25, -0.2) is 9.67 Å². The lowest BCUT2D eigenvalue weighted by Crippen LogP contribution is -2.44. The van der Waals surface area contributed by atoms with Gasteiger partial charge in [-0.3, -0.25) is 0 Å². The molecule has 2 saturated heterocycles. The molecule has 2 atom stereocenters. The van der Waals surface area contributed by atoms with Gasteiger partial charge in [-0.2, -0.15) is 5.10 Å². The van der Waals surface area contributed by atoms with Crippen molar-refractivity contribution in [2.45, 2.75) is 43.8 Å². The van der Waals surface area contributed by atoms with E-state index in [1.165, 1.54) is 25.7 Å². The first-order chi connectivity index (χ1) is 10.3. The Morgan fingerprint density at radius 2 is 1.95 bits per heavy atom. The van der Waals surface area contributed by atoms with Crippen LogP contribution < -0.4 is 5.32 Å². The molecule has 0 amide bonds. The van der Waals surface area contributed by atoms with Crippen LogP contribution in [0.5, 0.6) is 0 Å². The summed E-state index contributed by atoms with van der Waals surface area (Å²) in [7, 11) is 2.28. The van der Waals surface area contributed by atoms with Gasteiger partial charge < -0.3 is 10.2 Å². The number of fused-ring (bicyclic) bond motifs is 2. The molecule has 2 aliphatic heterocycles. The summed E-state index contributed by atoms with van der Waals surface area (Å²) in [6.07, 6.45) is 10.7.